The van der Waals surface area contributed by atoms with Crippen molar-refractivity contribution in [3.8, 4) is 0 Å². The standard InChI is InChI=1S/C14H16N2O5/c1-21-14(18)5-3-10-2-4-12(13(8-10)16(19)20)15-7-6-11(17)9-15/h2-5,8,11,17H,6-7,9H2,1H3/b5-3+/t11-/m1/s1. The van der Waals surface area contributed by atoms with Crippen molar-refractivity contribution in [2.24, 2.45) is 0 Å². The first kappa shape index (κ1) is 15.0. The lowest BCUT2D eigenvalue weighted by molar-refractivity contribution is -0.384. The normalized spacial score (nSPS) is 18.2. The van der Waals surface area contributed by atoms with Crippen molar-refractivity contribution >= 4 is 23.4 Å². The zero-order valence-corrected chi connectivity index (χ0v) is 11.6. The van der Waals surface area contributed by atoms with E-state index in [0.717, 1.165) is 0 Å². The van der Waals surface area contributed by atoms with Crippen molar-refractivity contribution in [2.75, 3.05) is 25.1 Å². The molecular formula is C14H16N2O5. The summed E-state index contributed by atoms with van der Waals surface area (Å²) in [6.07, 6.45) is 2.81. The van der Waals surface area contributed by atoms with E-state index in [9.17, 15) is 20.0 Å². The van der Waals surface area contributed by atoms with Gasteiger partial charge in [-0.3, -0.25) is 10.1 Å². The Hall–Kier alpha value is -2.41. The fourth-order valence-corrected chi connectivity index (χ4v) is 2.25. The first-order chi connectivity index (χ1) is 10.0. The van der Waals surface area contributed by atoms with Crippen LogP contribution in [0, 0.1) is 10.1 Å². The summed E-state index contributed by atoms with van der Waals surface area (Å²) in [7, 11) is 1.26. The Morgan fingerprint density at radius 1 is 1.57 bits per heavy atom. The highest BCUT2D eigenvalue weighted by atomic mass is 16.6. The topological polar surface area (TPSA) is 92.9 Å². The number of ether oxygens (including phenoxy) is 1. The Morgan fingerprint density at radius 3 is 2.90 bits per heavy atom. The fourth-order valence-electron chi connectivity index (χ4n) is 2.25. The minimum atomic E-state index is -0.524. The van der Waals surface area contributed by atoms with Crippen molar-refractivity contribution in [3.05, 3.63) is 40.0 Å². The molecule has 1 aliphatic rings. The van der Waals surface area contributed by atoms with Crippen molar-refractivity contribution in [2.45, 2.75) is 12.5 Å². The number of rotatable bonds is 4. The lowest BCUT2D eigenvalue weighted by atomic mass is 10.1. The second-order valence-electron chi connectivity index (χ2n) is 4.75. The number of nitro benzene ring substituents is 1. The summed E-state index contributed by atoms with van der Waals surface area (Å²) in [6.45, 7) is 0.970. The Kier molecular flexibility index (Phi) is 4.54. The van der Waals surface area contributed by atoms with Crippen molar-refractivity contribution < 1.29 is 19.6 Å². The van der Waals surface area contributed by atoms with Gasteiger partial charge in [-0.1, -0.05) is 6.07 Å². The van der Waals surface area contributed by atoms with E-state index < -0.39 is 17.0 Å². The second-order valence-corrected chi connectivity index (χ2v) is 4.75. The summed E-state index contributed by atoms with van der Waals surface area (Å²) in [5.74, 6) is -0.524. The van der Waals surface area contributed by atoms with Gasteiger partial charge in [0.25, 0.3) is 5.69 Å². The van der Waals surface area contributed by atoms with E-state index in [1.54, 1.807) is 17.0 Å². The van der Waals surface area contributed by atoms with Crippen LogP contribution in [0.2, 0.25) is 0 Å². The lowest BCUT2D eigenvalue weighted by Gasteiger charge is -2.17. The molecule has 0 saturated carbocycles. The molecule has 0 amide bonds. The number of nitro groups is 1. The number of β-amino-alcohol motifs (C(OH)–C–C–N with tert-alkyl or cyclic N) is 1. The number of carbonyl (C=O) groups is 1. The van der Waals surface area contributed by atoms with Gasteiger partial charge in [0.2, 0.25) is 0 Å². The average molecular weight is 292 g/mol. The fraction of sp³-hybridized carbons (Fsp3) is 0.357. The van der Waals surface area contributed by atoms with E-state index in [2.05, 4.69) is 4.74 Å². The zero-order valence-electron chi connectivity index (χ0n) is 11.6. The van der Waals surface area contributed by atoms with Gasteiger partial charge in [0.05, 0.1) is 18.1 Å². The monoisotopic (exact) mass is 292 g/mol. The number of esters is 1. The molecule has 0 radical (unpaired) electrons. The molecule has 1 fully saturated rings. The van der Waals surface area contributed by atoms with E-state index in [0.29, 0.717) is 30.8 Å². The summed E-state index contributed by atoms with van der Waals surface area (Å²) < 4.78 is 4.47. The second kappa shape index (κ2) is 6.36. The summed E-state index contributed by atoms with van der Waals surface area (Å²) in [5, 5.41) is 20.8. The smallest absolute Gasteiger partial charge is 0.330 e. The number of carbonyl (C=O) groups excluding carboxylic acids is 1. The van der Waals surface area contributed by atoms with Gasteiger partial charge < -0.3 is 14.7 Å². The maximum Gasteiger partial charge on any atom is 0.330 e. The minimum absolute atomic E-state index is 0.0453. The molecule has 112 valence electrons. The van der Waals surface area contributed by atoms with Crippen LogP contribution in [0.25, 0.3) is 6.08 Å². The molecular weight excluding hydrogens is 276 g/mol. The molecule has 1 aliphatic heterocycles. The van der Waals surface area contributed by atoms with Crippen LogP contribution in [0.1, 0.15) is 12.0 Å². The van der Waals surface area contributed by atoms with Crippen LogP contribution in [-0.2, 0) is 9.53 Å². The molecule has 0 aromatic heterocycles. The maximum atomic E-state index is 11.2. The highest BCUT2D eigenvalue weighted by Gasteiger charge is 2.26. The van der Waals surface area contributed by atoms with Gasteiger partial charge in [-0.2, -0.15) is 0 Å². The molecule has 1 atom stereocenters. The van der Waals surface area contributed by atoms with E-state index in [-0.39, 0.29) is 5.69 Å². The zero-order chi connectivity index (χ0) is 15.4. The van der Waals surface area contributed by atoms with Crippen LogP contribution < -0.4 is 4.90 Å². The van der Waals surface area contributed by atoms with Crippen LogP contribution in [-0.4, -0.2) is 42.3 Å². The van der Waals surface area contributed by atoms with E-state index >= 15 is 0 Å². The van der Waals surface area contributed by atoms with Crippen LogP contribution in [0.3, 0.4) is 0 Å². The summed E-state index contributed by atoms with van der Waals surface area (Å²) in [6, 6.07) is 4.72. The maximum absolute atomic E-state index is 11.2. The number of methoxy groups -OCH3 is 1. The van der Waals surface area contributed by atoms with Gasteiger partial charge in [0, 0.05) is 25.2 Å². The van der Waals surface area contributed by atoms with E-state index in [1.807, 2.05) is 0 Å². The highest BCUT2D eigenvalue weighted by molar-refractivity contribution is 5.87. The van der Waals surface area contributed by atoms with Crippen molar-refractivity contribution in [3.63, 3.8) is 0 Å². The number of nitrogens with zero attached hydrogens (tertiary/aromatic N) is 2. The average Bonchev–Trinajstić information content (AvgIpc) is 2.90. The summed E-state index contributed by atoms with van der Waals surface area (Å²) >= 11 is 0. The third kappa shape index (κ3) is 3.57. The molecule has 0 bridgehead atoms. The third-order valence-electron chi connectivity index (χ3n) is 3.31. The Labute approximate surface area is 121 Å². The van der Waals surface area contributed by atoms with Crippen LogP contribution in [0.5, 0.6) is 0 Å². The Balaban J connectivity index is 2.29. The molecule has 1 heterocycles. The van der Waals surface area contributed by atoms with Gasteiger partial charge in [0.15, 0.2) is 0 Å². The summed E-state index contributed by atoms with van der Waals surface area (Å²) in [5.41, 5.74) is 0.971. The molecule has 1 aromatic rings. The first-order valence-electron chi connectivity index (χ1n) is 6.48. The molecule has 0 spiro atoms. The number of aliphatic hydroxyl groups excluding tert-OH is 1. The predicted molar refractivity (Wildman–Crippen MR) is 77.0 cm³/mol. The molecule has 21 heavy (non-hydrogen) atoms. The number of aliphatic hydroxyl groups is 1. The highest BCUT2D eigenvalue weighted by Crippen LogP contribution is 2.32. The van der Waals surface area contributed by atoms with Crippen molar-refractivity contribution in [1.82, 2.24) is 0 Å². The van der Waals surface area contributed by atoms with Crippen molar-refractivity contribution in [1.29, 1.82) is 0 Å². The van der Waals surface area contributed by atoms with Gasteiger partial charge >= 0.3 is 5.97 Å². The molecule has 1 aromatic carbocycles. The number of hydrogen-bond donors (Lipinski definition) is 1. The molecule has 1 saturated heterocycles. The van der Waals surface area contributed by atoms with Gasteiger partial charge in [-0.15, -0.1) is 0 Å². The lowest BCUT2D eigenvalue weighted by Crippen LogP contribution is -2.22. The van der Waals surface area contributed by atoms with Gasteiger partial charge in [-0.05, 0) is 24.1 Å². The molecule has 0 unspecified atom stereocenters. The third-order valence-corrected chi connectivity index (χ3v) is 3.31. The van der Waals surface area contributed by atoms with E-state index in [1.165, 1.54) is 25.3 Å². The largest absolute Gasteiger partial charge is 0.466 e. The molecule has 7 nitrogen and oxygen atoms in total. The Morgan fingerprint density at radius 2 is 2.33 bits per heavy atom. The van der Waals surface area contributed by atoms with E-state index in [4.69, 9.17) is 0 Å². The summed E-state index contributed by atoms with van der Waals surface area (Å²) in [4.78, 5) is 23.6. The number of benzene rings is 1. The molecule has 2 rings (SSSR count). The molecule has 1 N–H and O–H groups in total. The quantitative estimate of drug-likeness (QED) is 0.390. The Bertz CT molecular complexity index is 585. The van der Waals surface area contributed by atoms with Crippen LogP contribution in [0.4, 0.5) is 11.4 Å². The van der Waals surface area contributed by atoms with Gasteiger partial charge in [-0.25, -0.2) is 4.79 Å². The number of hydrogen-bond acceptors (Lipinski definition) is 6. The number of anilines is 1. The molecule has 0 aliphatic carbocycles. The predicted octanol–water partition coefficient (Wildman–Crippen LogP) is 1.35. The molecule has 7 heteroatoms. The van der Waals surface area contributed by atoms with Crippen LogP contribution in [0.15, 0.2) is 24.3 Å². The minimum Gasteiger partial charge on any atom is -0.466 e. The SMILES string of the molecule is COC(=O)/C=C/c1ccc(N2CC[C@@H](O)C2)c([N+](=O)[O-])c1. The van der Waals surface area contributed by atoms with Crippen LogP contribution >= 0.6 is 0 Å². The first-order valence-corrected chi connectivity index (χ1v) is 6.48. The van der Waals surface area contributed by atoms with Gasteiger partial charge in [0.1, 0.15) is 5.69 Å².